The van der Waals surface area contributed by atoms with Crippen LogP contribution in [0.4, 0.5) is 5.69 Å². The molecular formula is C23H23ClN2O4. The summed E-state index contributed by atoms with van der Waals surface area (Å²) in [6, 6.07) is 12.9. The molecular weight excluding hydrogens is 404 g/mol. The van der Waals surface area contributed by atoms with Crippen LogP contribution < -0.4 is 14.8 Å². The Morgan fingerprint density at radius 3 is 2.70 bits per heavy atom. The van der Waals surface area contributed by atoms with E-state index >= 15 is 0 Å². The maximum atomic E-state index is 12.8. The van der Waals surface area contributed by atoms with Crippen LogP contribution in [0.5, 0.6) is 11.5 Å². The van der Waals surface area contributed by atoms with E-state index in [1.807, 2.05) is 30.3 Å². The number of amides is 2. The number of fused-ring (bicyclic) bond motifs is 1. The Morgan fingerprint density at radius 1 is 1.13 bits per heavy atom. The van der Waals surface area contributed by atoms with Crippen LogP contribution in [0.3, 0.4) is 0 Å². The Kier molecular flexibility index (Phi) is 4.82. The van der Waals surface area contributed by atoms with Gasteiger partial charge >= 0.3 is 0 Å². The molecule has 5 rings (SSSR count). The Balaban J connectivity index is 1.22. The van der Waals surface area contributed by atoms with Crippen LogP contribution in [0.1, 0.15) is 37.7 Å². The number of rotatable bonds is 4. The maximum absolute atomic E-state index is 12.8. The number of carbonyl (C=O) groups excluding carboxylic acids is 2. The standard InChI is InChI=1S/C23H23ClN2O4/c24-18-6-2-1-5-15(18)13-26-14-16(11-21(26)27)22(28)25-17-7-8-19-20(12-17)30-23(29-19)9-3-4-10-23/h1-2,5-8,12,16H,3-4,9-11,13-14H2,(H,25,28)/t16-/m1/s1. The van der Waals surface area contributed by atoms with Crippen LogP contribution in [0, 0.1) is 5.92 Å². The van der Waals surface area contributed by atoms with E-state index in [0.717, 1.165) is 37.0 Å². The Bertz CT molecular complexity index is 1000. The molecule has 0 unspecified atom stereocenters. The molecule has 2 aromatic rings. The fraction of sp³-hybridized carbons (Fsp3) is 0.391. The van der Waals surface area contributed by atoms with Crippen LogP contribution in [-0.2, 0) is 16.1 Å². The number of anilines is 1. The van der Waals surface area contributed by atoms with E-state index in [1.54, 1.807) is 17.0 Å². The lowest BCUT2D eigenvalue weighted by atomic mass is 10.1. The number of halogens is 1. The number of hydrogen-bond acceptors (Lipinski definition) is 4. The molecule has 0 bridgehead atoms. The molecule has 30 heavy (non-hydrogen) atoms. The highest BCUT2D eigenvalue weighted by molar-refractivity contribution is 6.31. The molecule has 0 aromatic heterocycles. The van der Waals surface area contributed by atoms with E-state index in [2.05, 4.69) is 5.32 Å². The third kappa shape index (κ3) is 3.60. The second-order valence-corrected chi connectivity index (χ2v) is 8.65. The summed E-state index contributed by atoms with van der Waals surface area (Å²) in [5, 5.41) is 3.55. The summed E-state index contributed by atoms with van der Waals surface area (Å²) in [5.74, 6) is 0.256. The molecule has 6 nitrogen and oxygen atoms in total. The molecule has 1 spiro atoms. The number of nitrogens with zero attached hydrogens (tertiary/aromatic N) is 1. The van der Waals surface area contributed by atoms with Crippen molar-refractivity contribution in [2.75, 3.05) is 11.9 Å². The molecule has 1 saturated heterocycles. The normalized spacial score (nSPS) is 21.4. The summed E-state index contributed by atoms with van der Waals surface area (Å²) in [6.07, 6.45) is 4.16. The van der Waals surface area contributed by atoms with Crippen molar-refractivity contribution in [1.82, 2.24) is 4.90 Å². The molecule has 2 aromatic carbocycles. The highest BCUT2D eigenvalue weighted by atomic mass is 35.5. The van der Waals surface area contributed by atoms with Crippen LogP contribution in [0.15, 0.2) is 42.5 Å². The molecule has 2 amide bonds. The number of hydrogen-bond donors (Lipinski definition) is 1. The molecule has 2 heterocycles. The van der Waals surface area contributed by atoms with Crippen molar-refractivity contribution >= 4 is 29.1 Å². The smallest absolute Gasteiger partial charge is 0.251 e. The molecule has 1 N–H and O–H groups in total. The van der Waals surface area contributed by atoms with Crippen molar-refractivity contribution in [3.05, 3.63) is 53.1 Å². The Labute approximate surface area is 180 Å². The van der Waals surface area contributed by atoms with Crippen LogP contribution in [0.25, 0.3) is 0 Å². The SMILES string of the molecule is O=C(Nc1ccc2c(c1)OC1(CCCC1)O2)[C@@H]1CC(=O)N(Cc2ccccc2Cl)C1. The molecule has 1 atom stereocenters. The van der Waals surface area contributed by atoms with Gasteiger partial charge in [0.2, 0.25) is 11.8 Å². The Morgan fingerprint density at radius 2 is 1.90 bits per heavy atom. The zero-order valence-corrected chi connectivity index (χ0v) is 17.3. The predicted molar refractivity (Wildman–Crippen MR) is 113 cm³/mol. The average molecular weight is 427 g/mol. The molecule has 2 aliphatic heterocycles. The number of ether oxygens (including phenoxy) is 2. The van der Waals surface area contributed by atoms with Gasteiger partial charge in [-0.3, -0.25) is 9.59 Å². The lowest BCUT2D eigenvalue weighted by molar-refractivity contribution is -0.128. The second kappa shape index (κ2) is 7.51. The highest BCUT2D eigenvalue weighted by Gasteiger charge is 2.44. The minimum atomic E-state index is -0.526. The van der Waals surface area contributed by atoms with Gasteiger partial charge in [-0.2, -0.15) is 0 Å². The third-order valence-electron chi connectivity index (χ3n) is 6.07. The molecule has 7 heteroatoms. The van der Waals surface area contributed by atoms with E-state index in [9.17, 15) is 9.59 Å². The lowest BCUT2D eigenvalue weighted by Gasteiger charge is -2.21. The molecule has 2 fully saturated rings. The quantitative estimate of drug-likeness (QED) is 0.788. The summed E-state index contributed by atoms with van der Waals surface area (Å²) in [4.78, 5) is 26.9. The largest absolute Gasteiger partial charge is 0.448 e. The summed E-state index contributed by atoms with van der Waals surface area (Å²) in [5.41, 5.74) is 1.53. The fourth-order valence-electron chi connectivity index (χ4n) is 4.47. The van der Waals surface area contributed by atoms with Crippen molar-refractivity contribution in [1.29, 1.82) is 0 Å². The lowest BCUT2D eigenvalue weighted by Crippen LogP contribution is -2.34. The van der Waals surface area contributed by atoms with E-state index in [0.29, 0.717) is 29.5 Å². The molecule has 3 aliphatic rings. The van der Waals surface area contributed by atoms with E-state index in [4.69, 9.17) is 21.1 Å². The number of likely N-dealkylation sites (tertiary alicyclic amines) is 1. The van der Waals surface area contributed by atoms with Crippen LogP contribution in [-0.4, -0.2) is 29.0 Å². The van der Waals surface area contributed by atoms with Crippen molar-refractivity contribution in [3.63, 3.8) is 0 Å². The first-order valence-corrected chi connectivity index (χ1v) is 10.7. The minimum Gasteiger partial charge on any atom is -0.448 e. The van der Waals surface area contributed by atoms with E-state index < -0.39 is 11.7 Å². The number of nitrogens with one attached hydrogen (secondary N) is 1. The fourth-order valence-corrected chi connectivity index (χ4v) is 4.66. The monoisotopic (exact) mass is 426 g/mol. The van der Waals surface area contributed by atoms with Crippen LogP contribution >= 0.6 is 11.6 Å². The Hall–Kier alpha value is -2.73. The topological polar surface area (TPSA) is 67.9 Å². The van der Waals surface area contributed by atoms with E-state index in [-0.39, 0.29) is 18.2 Å². The zero-order valence-electron chi connectivity index (χ0n) is 16.5. The van der Waals surface area contributed by atoms with Crippen molar-refractivity contribution in [2.45, 2.75) is 44.4 Å². The van der Waals surface area contributed by atoms with Gasteiger partial charge in [-0.25, -0.2) is 0 Å². The third-order valence-corrected chi connectivity index (χ3v) is 6.44. The van der Waals surface area contributed by atoms with Gasteiger partial charge in [0, 0.05) is 49.1 Å². The first-order chi connectivity index (χ1) is 14.5. The maximum Gasteiger partial charge on any atom is 0.251 e. The van der Waals surface area contributed by atoms with Gasteiger partial charge in [0.15, 0.2) is 11.5 Å². The first kappa shape index (κ1) is 19.2. The van der Waals surface area contributed by atoms with Gasteiger partial charge in [0.25, 0.3) is 5.79 Å². The van der Waals surface area contributed by atoms with Crippen LogP contribution in [0.2, 0.25) is 5.02 Å². The predicted octanol–water partition coefficient (Wildman–Crippen LogP) is 4.37. The highest BCUT2D eigenvalue weighted by Crippen LogP contribution is 2.47. The van der Waals surface area contributed by atoms with Gasteiger partial charge in [-0.1, -0.05) is 29.8 Å². The molecule has 156 valence electrons. The summed E-state index contributed by atoms with van der Waals surface area (Å²) in [7, 11) is 0. The number of carbonyl (C=O) groups is 2. The minimum absolute atomic E-state index is 0.0380. The molecule has 0 radical (unpaired) electrons. The average Bonchev–Trinajstić information content (AvgIpc) is 3.43. The summed E-state index contributed by atoms with van der Waals surface area (Å²) < 4.78 is 12.1. The second-order valence-electron chi connectivity index (χ2n) is 8.24. The van der Waals surface area contributed by atoms with Gasteiger partial charge in [-0.05, 0) is 36.6 Å². The van der Waals surface area contributed by atoms with E-state index in [1.165, 1.54) is 0 Å². The molecule has 1 saturated carbocycles. The van der Waals surface area contributed by atoms with Crippen molar-refractivity contribution in [2.24, 2.45) is 5.92 Å². The van der Waals surface area contributed by atoms with Gasteiger partial charge < -0.3 is 19.7 Å². The zero-order chi connectivity index (χ0) is 20.7. The summed E-state index contributed by atoms with van der Waals surface area (Å²) in [6.45, 7) is 0.790. The summed E-state index contributed by atoms with van der Waals surface area (Å²) >= 11 is 6.21. The van der Waals surface area contributed by atoms with Crippen molar-refractivity contribution < 1.29 is 19.1 Å². The van der Waals surface area contributed by atoms with Crippen molar-refractivity contribution in [3.8, 4) is 11.5 Å². The number of benzene rings is 2. The molecule has 1 aliphatic carbocycles. The van der Waals surface area contributed by atoms with Gasteiger partial charge in [-0.15, -0.1) is 0 Å². The first-order valence-electron chi connectivity index (χ1n) is 10.4. The van der Waals surface area contributed by atoms with Gasteiger partial charge in [0.1, 0.15) is 0 Å². The van der Waals surface area contributed by atoms with Gasteiger partial charge in [0.05, 0.1) is 5.92 Å².